The van der Waals surface area contributed by atoms with E-state index in [-0.39, 0.29) is 5.69 Å². The number of Topliss-reactive ketones (excluding diaryl/α,β-unsaturated/α-hetero) is 1. The highest BCUT2D eigenvalue weighted by Gasteiger charge is 2.64. The molecule has 34 heavy (non-hydrogen) atoms. The van der Waals surface area contributed by atoms with E-state index in [9.17, 15) is 27.6 Å². The van der Waals surface area contributed by atoms with Gasteiger partial charge in [-0.25, -0.2) is 4.90 Å². The summed E-state index contributed by atoms with van der Waals surface area (Å²) >= 11 is 0. The molecule has 0 unspecified atom stereocenters. The van der Waals surface area contributed by atoms with Crippen LogP contribution >= 0.6 is 0 Å². The summed E-state index contributed by atoms with van der Waals surface area (Å²) in [6.45, 7) is 0. The van der Waals surface area contributed by atoms with Gasteiger partial charge in [0.1, 0.15) is 11.8 Å². The number of hydrazone groups is 1. The highest BCUT2D eigenvalue weighted by atomic mass is 19.4. The Morgan fingerprint density at radius 2 is 1.74 bits per heavy atom. The summed E-state index contributed by atoms with van der Waals surface area (Å²) in [6, 6.07) is 8.61. The topological polar surface area (TPSA) is 79.3 Å². The van der Waals surface area contributed by atoms with Crippen molar-refractivity contribution in [2.75, 3.05) is 12.0 Å². The van der Waals surface area contributed by atoms with Gasteiger partial charge in [0.2, 0.25) is 11.8 Å². The van der Waals surface area contributed by atoms with Crippen LogP contribution in [0.25, 0.3) is 0 Å². The monoisotopic (exact) mass is 469 g/mol. The standard InChI is InChI=1S/C24H18F3N3O4/c1-34-16-9-7-13(8-10-16)21(31)20-19-18(17-6-3-11-28-30(17)20)22(32)29(23(19)33)15-5-2-4-14(12-15)24(25,26)27/h2-12,17-20H,1H3/t17-,18-,19-,20+/m0/s1. The summed E-state index contributed by atoms with van der Waals surface area (Å²) in [7, 11) is 1.49. The van der Waals surface area contributed by atoms with Crippen LogP contribution in [-0.2, 0) is 15.8 Å². The second kappa shape index (κ2) is 7.82. The van der Waals surface area contributed by atoms with Crippen LogP contribution in [0.2, 0.25) is 0 Å². The Bertz CT molecular complexity index is 1240. The Balaban J connectivity index is 1.55. The van der Waals surface area contributed by atoms with Crippen LogP contribution in [-0.4, -0.2) is 48.0 Å². The molecule has 2 aromatic rings. The fraction of sp³-hybridized carbons (Fsp3) is 0.250. The van der Waals surface area contributed by atoms with E-state index < -0.39 is 53.3 Å². The maximum absolute atomic E-state index is 13.5. The first-order valence-corrected chi connectivity index (χ1v) is 10.4. The number of hydrogen-bond acceptors (Lipinski definition) is 6. The number of hydrogen-bond donors (Lipinski definition) is 0. The molecule has 2 amide bonds. The smallest absolute Gasteiger partial charge is 0.416 e. The average molecular weight is 469 g/mol. The summed E-state index contributed by atoms with van der Waals surface area (Å²) in [6.07, 6.45) is 0.115. The molecule has 0 aromatic heterocycles. The van der Waals surface area contributed by atoms with E-state index in [2.05, 4.69) is 5.10 Å². The minimum atomic E-state index is -4.64. The lowest BCUT2D eigenvalue weighted by Gasteiger charge is -2.30. The first-order chi connectivity index (χ1) is 16.2. The highest BCUT2D eigenvalue weighted by molar-refractivity contribution is 6.24. The lowest BCUT2D eigenvalue weighted by Crippen LogP contribution is -2.46. The van der Waals surface area contributed by atoms with Gasteiger partial charge in [0, 0.05) is 11.8 Å². The second-order valence-electron chi connectivity index (χ2n) is 8.17. The number of carbonyl (C=O) groups excluding carboxylic acids is 3. The Labute approximate surface area is 192 Å². The van der Waals surface area contributed by atoms with E-state index in [1.807, 2.05) is 0 Å². The number of alkyl halides is 3. The molecular formula is C24H18F3N3O4. The Kier molecular flexibility index (Phi) is 5.03. The summed E-state index contributed by atoms with van der Waals surface area (Å²) in [4.78, 5) is 41.2. The Morgan fingerprint density at radius 3 is 2.41 bits per heavy atom. The van der Waals surface area contributed by atoms with Gasteiger partial charge in [0.15, 0.2) is 5.78 Å². The van der Waals surface area contributed by atoms with E-state index in [0.29, 0.717) is 11.3 Å². The molecule has 5 rings (SSSR count). The number of allylic oxidation sites excluding steroid dienone is 1. The number of anilines is 1. The van der Waals surface area contributed by atoms with E-state index in [1.54, 1.807) is 36.4 Å². The second-order valence-corrected chi connectivity index (χ2v) is 8.17. The van der Waals surface area contributed by atoms with Crippen LogP contribution < -0.4 is 9.64 Å². The third-order valence-corrected chi connectivity index (χ3v) is 6.37. The highest BCUT2D eigenvalue weighted by Crippen LogP contribution is 2.46. The number of imide groups is 1. The van der Waals surface area contributed by atoms with Gasteiger partial charge in [-0.3, -0.25) is 19.4 Å². The number of carbonyl (C=O) groups is 3. The largest absolute Gasteiger partial charge is 0.497 e. The number of rotatable bonds is 4. The van der Waals surface area contributed by atoms with Crippen LogP contribution in [0.4, 0.5) is 18.9 Å². The predicted octanol–water partition coefficient (Wildman–Crippen LogP) is 3.31. The number of methoxy groups -OCH3 is 1. The Morgan fingerprint density at radius 1 is 1.03 bits per heavy atom. The fourth-order valence-corrected chi connectivity index (χ4v) is 4.84. The number of ether oxygens (including phenoxy) is 1. The van der Waals surface area contributed by atoms with Crippen molar-refractivity contribution in [1.82, 2.24) is 5.01 Å². The number of benzene rings is 2. The van der Waals surface area contributed by atoms with E-state index in [1.165, 1.54) is 24.4 Å². The molecule has 3 aliphatic heterocycles. The van der Waals surface area contributed by atoms with Gasteiger partial charge in [-0.2, -0.15) is 18.3 Å². The lowest BCUT2D eigenvalue weighted by molar-refractivity contribution is -0.137. The number of fused-ring (bicyclic) bond motifs is 3. The third kappa shape index (κ3) is 3.28. The van der Waals surface area contributed by atoms with Crippen LogP contribution in [0.5, 0.6) is 5.75 Å². The van der Waals surface area contributed by atoms with E-state index >= 15 is 0 Å². The molecule has 0 radical (unpaired) electrons. The minimum Gasteiger partial charge on any atom is -0.497 e. The molecule has 0 aliphatic carbocycles. The summed E-state index contributed by atoms with van der Waals surface area (Å²) in [5.41, 5.74) is -0.852. The van der Waals surface area contributed by atoms with Crippen LogP contribution in [0.15, 0.2) is 65.8 Å². The van der Waals surface area contributed by atoms with Gasteiger partial charge < -0.3 is 4.74 Å². The van der Waals surface area contributed by atoms with Gasteiger partial charge in [0.05, 0.1) is 36.2 Å². The minimum absolute atomic E-state index is 0.176. The van der Waals surface area contributed by atoms with Crippen LogP contribution in [0.3, 0.4) is 0 Å². The molecule has 3 aliphatic rings. The number of ketones is 1. The van der Waals surface area contributed by atoms with Crippen molar-refractivity contribution in [3.63, 3.8) is 0 Å². The quantitative estimate of drug-likeness (QED) is 0.507. The zero-order valence-corrected chi connectivity index (χ0v) is 17.8. The van der Waals surface area contributed by atoms with E-state index in [4.69, 9.17) is 4.74 Å². The molecule has 0 saturated carbocycles. The summed E-state index contributed by atoms with van der Waals surface area (Å²) in [5.74, 6) is -3.31. The van der Waals surface area contributed by atoms with E-state index in [0.717, 1.165) is 23.1 Å². The molecule has 2 fully saturated rings. The number of nitrogens with zero attached hydrogens (tertiary/aromatic N) is 3. The van der Waals surface area contributed by atoms with Gasteiger partial charge in [-0.05, 0) is 48.5 Å². The molecule has 4 atom stereocenters. The molecular weight excluding hydrogens is 451 g/mol. The molecule has 0 bridgehead atoms. The third-order valence-electron chi connectivity index (χ3n) is 6.37. The summed E-state index contributed by atoms with van der Waals surface area (Å²) in [5, 5.41) is 5.70. The maximum Gasteiger partial charge on any atom is 0.416 e. The van der Waals surface area contributed by atoms with Gasteiger partial charge in [0.25, 0.3) is 0 Å². The first kappa shape index (κ1) is 21.9. The zero-order valence-electron chi connectivity index (χ0n) is 17.8. The van der Waals surface area contributed by atoms with Gasteiger partial charge >= 0.3 is 6.18 Å². The fourth-order valence-electron chi connectivity index (χ4n) is 4.84. The van der Waals surface area contributed by atoms with Crippen LogP contribution in [0, 0.1) is 11.8 Å². The van der Waals surface area contributed by atoms with Crippen molar-refractivity contribution < 1.29 is 32.3 Å². The first-order valence-electron chi connectivity index (χ1n) is 10.4. The van der Waals surface area contributed by atoms with Gasteiger partial charge in [-0.15, -0.1) is 0 Å². The number of amides is 2. The van der Waals surface area contributed by atoms with Crippen molar-refractivity contribution in [3.05, 3.63) is 71.8 Å². The molecule has 7 nitrogen and oxygen atoms in total. The molecule has 0 spiro atoms. The van der Waals surface area contributed by atoms with Crippen molar-refractivity contribution in [2.45, 2.75) is 18.3 Å². The molecule has 3 heterocycles. The lowest BCUT2D eigenvalue weighted by atomic mass is 9.86. The SMILES string of the molecule is COc1ccc(C(=O)[C@H]2[C@H]3C(=O)N(c4cccc(C(F)(F)F)c4)C(=O)[C@H]3[C@@H]3C=CC=NN32)cc1. The average Bonchev–Trinajstić information content (AvgIpc) is 3.31. The molecule has 2 saturated heterocycles. The summed E-state index contributed by atoms with van der Waals surface area (Å²) < 4.78 is 44.8. The molecule has 0 N–H and O–H groups in total. The van der Waals surface area contributed by atoms with Crippen LogP contribution in [0.1, 0.15) is 15.9 Å². The molecule has 174 valence electrons. The number of halogens is 3. The normalized spacial score (nSPS) is 25.5. The zero-order chi connectivity index (χ0) is 24.2. The van der Waals surface area contributed by atoms with Gasteiger partial charge in [-0.1, -0.05) is 12.1 Å². The predicted molar refractivity (Wildman–Crippen MR) is 115 cm³/mol. The van der Waals surface area contributed by atoms with Crippen molar-refractivity contribution in [2.24, 2.45) is 16.9 Å². The molecule has 10 heteroatoms. The van der Waals surface area contributed by atoms with Crippen molar-refractivity contribution in [3.8, 4) is 5.75 Å². The maximum atomic E-state index is 13.5. The Hall–Kier alpha value is -3.95. The van der Waals surface area contributed by atoms with Crippen molar-refractivity contribution >= 4 is 29.5 Å². The van der Waals surface area contributed by atoms with Crippen molar-refractivity contribution in [1.29, 1.82) is 0 Å². The molecule has 2 aromatic carbocycles.